The maximum Gasteiger partial charge on any atom is 0.276 e. The van der Waals surface area contributed by atoms with Gasteiger partial charge in [0.15, 0.2) is 5.69 Å². The molecule has 0 aliphatic rings. The third-order valence-corrected chi connectivity index (χ3v) is 4.16. The molecule has 26 heavy (non-hydrogen) atoms. The van der Waals surface area contributed by atoms with Gasteiger partial charge < -0.3 is 10.6 Å². The van der Waals surface area contributed by atoms with Gasteiger partial charge in [0, 0.05) is 24.0 Å². The third-order valence-electron chi connectivity index (χ3n) is 4.16. The highest BCUT2D eigenvalue weighted by atomic mass is 16.2. The predicted molar refractivity (Wildman–Crippen MR) is 104 cm³/mol. The van der Waals surface area contributed by atoms with E-state index < -0.39 is 0 Å². The fraction of sp³-hybridized carbons (Fsp3) is 0.450. The lowest BCUT2D eigenvalue weighted by atomic mass is 10.1. The van der Waals surface area contributed by atoms with Crippen LogP contribution in [-0.2, 0) is 5.54 Å². The Labute approximate surface area is 155 Å². The molecule has 0 radical (unpaired) electrons. The number of benzene rings is 1. The first-order valence-electron chi connectivity index (χ1n) is 8.79. The minimum atomic E-state index is -0.259. The van der Waals surface area contributed by atoms with Gasteiger partial charge >= 0.3 is 0 Å². The van der Waals surface area contributed by atoms with E-state index in [0.29, 0.717) is 16.9 Å². The van der Waals surface area contributed by atoms with Crippen LogP contribution in [0.1, 0.15) is 72.6 Å². The molecular weight excluding hydrogens is 328 g/mol. The van der Waals surface area contributed by atoms with Crippen molar-refractivity contribution >= 4 is 17.5 Å². The Morgan fingerprint density at radius 3 is 2.23 bits per heavy atom. The van der Waals surface area contributed by atoms with Gasteiger partial charge in [0.25, 0.3) is 11.8 Å². The van der Waals surface area contributed by atoms with E-state index in [-0.39, 0.29) is 23.3 Å². The van der Waals surface area contributed by atoms with Crippen LogP contribution >= 0.6 is 0 Å². The number of anilines is 1. The first-order chi connectivity index (χ1) is 12.0. The largest absolute Gasteiger partial charge is 0.355 e. The SMILES string of the molecule is CNC(=O)c1ccc(NC(=O)c2cc(C(C)C)n(C(C)(C)C)n2)c(C)c1. The van der Waals surface area contributed by atoms with Crippen LogP contribution in [0.2, 0.25) is 0 Å². The lowest BCUT2D eigenvalue weighted by molar-refractivity contribution is 0.0962. The maximum absolute atomic E-state index is 12.7. The molecule has 2 aromatic rings. The van der Waals surface area contributed by atoms with Crippen LogP contribution in [0.5, 0.6) is 0 Å². The Kier molecular flexibility index (Phi) is 5.54. The summed E-state index contributed by atoms with van der Waals surface area (Å²) in [5, 5.41) is 10.0. The normalized spacial score (nSPS) is 11.5. The second kappa shape index (κ2) is 7.32. The monoisotopic (exact) mass is 356 g/mol. The highest BCUT2D eigenvalue weighted by Gasteiger charge is 2.23. The molecule has 0 saturated carbocycles. The topological polar surface area (TPSA) is 76.0 Å². The number of aryl methyl sites for hydroxylation is 1. The summed E-state index contributed by atoms with van der Waals surface area (Å²) in [6.07, 6.45) is 0. The molecule has 1 aromatic carbocycles. The molecule has 0 bridgehead atoms. The van der Waals surface area contributed by atoms with Gasteiger partial charge in [0.1, 0.15) is 0 Å². The summed E-state index contributed by atoms with van der Waals surface area (Å²) in [5.74, 6) is -0.154. The van der Waals surface area contributed by atoms with Crippen LogP contribution in [-0.4, -0.2) is 28.6 Å². The molecule has 0 saturated heterocycles. The molecule has 0 spiro atoms. The molecular formula is C20H28N4O2. The summed E-state index contributed by atoms with van der Waals surface area (Å²) in [6, 6.07) is 7.03. The quantitative estimate of drug-likeness (QED) is 0.877. The van der Waals surface area contributed by atoms with E-state index in [4.69, 9.17) is 0 Å². The van der Waals surface area contributed by atoms with Gasteiger partial charge in [0.2, 0.25) is 0 Å². The minimum Gasteiger partial charge on any atom is -0.355 e. The molecule has 0 fully saturated rings. The summed E-state index contributed by atoms with van der Waals surface area (Å²) < 4.78 is 1.91. The van der Waals surface area contributed by atoms with Crippen molar-refractivity contribution in [2.75, 3.05) is 12.4 Å². The molecule has 2 rings (SSSR count). The van der Waals surface area contributed by atoms with Crippen LogP contribution in [0.15, 0.2) is 24.3 Å². The molecule has 1 aromatic heterocycles. The van der Waals surface area contributed by atoms with Gasteiger partial charge in [-0.2, -0.15) is 5.10 Å². The van der Waals surface area contributed by atoms with E-state index in [1.807, 2.05) is 17.7 Å². The van der Waals surface area contributed by atoms with Crippen molar-refractivity contribution in [3.05, 3.63) is 46.8 Å². The Bertz CT molecular complexity index is 829. The summed E-state index contributed by atoms with van der Waals surface area (Å²) >= 11 is 0. The summed E-state index contributed by atoms with van der Waals surface area (Å²) in [4.78, 5) is 24.4. The summed E-state index contributed by atoms with van der Waals surface area (Å²) in [6.45, 7) is 12.2. The Balaban J connectivity index is 2.29. The third kappa shape index (κ3) is 4.12. The highest BCUT2D eigenvalue weighted by Crippen LogP contribution is 2.24. The van der Waals surface area contributed by atoms with Crippen molar-refractivity contribution in [2.45, 2.75) is 53.0 Å². The molecule has 6 nitrogen and oxygen atoms in total. The fourth-order valence-corrected chi connectivity index (χ4v) is 2.73. The molecule has 0 aliphatic carbocycles. The van der Waals surface area contributed by atoms with Crippen molar-refractivity contribution in [3.8, 4) is 0 Å². The van der Waals surface area contributed by atoms with Gasteiger partial charge in [-0.25, -0.2) is 0 Å². The van der Waals surface area contributed by atoms with Gasteiger partial charge in [0.05, 0.1) is 5.54 Å². The lowest BCUT2D eigenvalue weighted by Crippen LogP contribution is -2.26. The highest BCUT2D eigenvalue weighted by molar-refractivity contribution is 6.04. The first kappa shape index (κ1) is 19.7. The van der Waals surface area contributed by atoms with Crippen molar-refractivity contribution < 1.29 is 9.59 Å². The maximum atomic E-state index is 12.7. The summed E-state index contributed by atoms with van der Waals surface area (Å²) in [7, 11) is 1.59. The zero-order chi connectivity index (χ0) is 19.6. The molecule has 2 N–H and O–H groups in total. The Morgan fingerprint density at radius 2 is 1.77 bits per heavy atom. The van der Waals surface area contributed by atoms with E-state index in [1.165, 1.54) is 0 Å². The lowest BCUT2D eigenvalue weighted by Gasteiger charge is -2.23. The summed E-state index contributed by atoms with van der Waals surface area (Å²) in [5.41, 5.74) is 3.25. The van der Waals surface area contributed by atoms with Crippen molar-refractivity contribution in [3.63, 3.8) is 0 Å². The average Bonchev–Trinajstić information content (AvgIpc) is 3.02. The molecule has 1 heterocycles. The minimum absolute atomic E-state index is 0.156. The van der Waals surface area contributed by atoms with Crippen molar-refractivity contribution in [2.24, 2.45) is 0 Å². The number of nitrogens with one attached hydrogen (secondary N) is 2. The molecule has 140 valence electrons. The smallest absolute Gasteiger partial charge is 0.276 e. The van der Waals surface area contributed by atoms with E-state index in [0.717, 1.165) is 11.3 Å². The van der Waals surface area contributed by atoms with Crippen LogP contribution in [0.3, 0.4) is 0 Å². The number of nitrogens with zero attached hydrogens (tertiary/aromatic N) is 2. The average molecular weight is 356 g/mol. The van der Waals surface area contributed by atoms with Crippen molar-refractivity contribution in [1.82, 2.24) is 15.1 Å². The number of hydrogen-bond acceptors (Lipinski definition) is 3. The molecule has 0 aliphatic heterocycles. The Hall–Kier alpha value is -2.63. The molecule has 0 atom stereocenters. The van der Waals surface area contributed by atoms with Crippen LogP contribution in [0, 0.1) is 6.92 Å². The first-order valence-corrected chi connectivity index (χ1v) is 8.79. The number of carbonyl (C=O) groups is 2. The zero-order valence-corrected chi connectivity index (χ0v) is 16.6. The van der Waals surface area contributed by atoms with Gasteiger partial charge in [-0.3, -0.25) is 14.3 Å². The van der Waals surface area contributed by atoms with Crippen LogP contribution < -0.4 is 10.6 Å². The molecule has 6 heteroatoms. The Morgan fingerprint density at radius 1 is 1.12 bits per heavy atom. The molecule has 2 amide bonds. The van der Waals surface area contributed by atoms with Crippen LogP contribution in [0.4, 0.5) is 5.69 Å². The van der Waals surface area contributed by atoms with Gasteiger partial charge in [-0.1, -0.05) is 13.8 Å². The molecule has 0 unspecified atom stereocenters. The zero-order valence-electron chi connectivity index (χ0n) is 16.6. The number of amides is 2. The number of hydrogen-bond donors (Lipinski definition) is 2. The number of rotatable bonds is 4. The predicted octanol–water partition coefficient (Wildman–Crippen LogP) is 3.68. The fourth-order valence-electron chi connectivity index (χ4n) is 2.73. The van der Waals surface area contributed by atoms with E-state index in [2.05, 4.69) is 50.4 Å². The van der Waals surface area contributed by atoms with Crippen LogP contribution in [0.25, 0.3) is 0 Å². The van der Waals surface area contributed by atoms with Gasteiger partial charge in [-0.15, -0.1) is 0 Å². The van der Waals surface area contributed by atoms with Gasteiger partial charge in [-0.05, 0) is 63.4 Å². The number of aromatic nitrogens is 2. The standard InChI is InChI=1S/C20H28N4O2/c1-12(2)17-11-16(23-24(17)20(4,5)6)19(26)22-15-9-8-14(10-13(15)3)18(25)21-7/h8-12H,1-7H3,(H,21,25)(H,22,26). The van der Waals surface area contributed by atoms with Crippen molar-refractivity contribution in [1.29, 1.82) is 0 Å². The number of carbonyl (C=O) groups excluding carboxylic acids is 2. The second-order valence-electron chi connectivity index (χ2n) is 7.75. The van der Waals surface area contributed by atoms with E-state index >= 15 is 0 Å². The van der Waals surface area contributed by atoms with E-state index in [9.17, 15) is 9.59 Å². The second-order valence-corrected chi connectivity index (χ2v) is 7.75. The van der Waals surface area contributed by atoms with E-state index in [1.54, 1.807) is 25.2 Å².